The summed E-state index contributed by atoms with van der Waals surface area (Å²) in [6.45, 7) is 2.03. The van der Waals surface area contributed by atoms with Gasteiger partial charge in [0.25, 0.3) is 5.89 Å². The van der Waals surface area contributed by atoms with Gasteiger partial charge in [-0.25, -0.2) is 0 Å². The fourth-order valence-corrected chi connectivity index (χ4v) is 2.22. The van der Waals surface area contributed by atoms with E-state index in [1.54, 1.807) is 24.5 Å². The molecule has 0 aliphatic heterocycles. The molecule has 1 N–H and O–H groups in total. The topological polar surface area (TPSA) is 72.0 Å². The van der Waals surface area contributed by atoms with E-state index in [1.165, 1.54) is 6.07 Å². The summed E-state index contributed by atoms with van der Waals surface area (Å²) in [6.07, 6.45) is 4.28. The Kier molecular flexibility index (Phi) is 3.58. The number of aryl methyl sites for hydroxylation is 1. The van der Waals surface area contributed by atoms with Crippen LogP contribution in [0.5, 0.6) is 5.75 Å². The van der Waals surface area contributed by atoms with Gasteiger partial charge in [-0.15, -0.1) is 0 Å². The Bertz CT molecular complexity index is 786. The van der Waals surface area contributed by atoms with Crippen LogP contribution in [0.4, 0.5) is 0 Å². The van der Waals surface area contributed by atoms with Gasteiger partial charge in [-0.3, -0.25) is 4.98 Å². The van der Waals surface area contributed by atoms with Gasteiger partial charge in [0.1, 0.15) is 5.75 Å². The molecule has 0 aliphatic rings. The van der Waals surface area contributed by atoms with Gasteiger partial charge in [0.2, 0.25) is 5.82 Å². The van der Waals surface area contributed by atoms with E-state index in [9.17, 15) is 5.11 Å². The second kappa shape index (κ2) is 5.54. The molecule has 106 valence electrons. The van der Waals surface area contributed by atoms with E-state index >= 15 is 0 Å². The lowest BCUT2D eigenvalue weighted by molar-refractivity contribution is 0.425. The number of halogens is 1. The molecule has 0 saturated heterocycles. The van der Waals surface area contributed by atoms with Crippen molar-refractivity contribution < 1.29 is 9.63 Å². The summed E-state index contributed by atoms with van der Waals surface area (Å²) in [4.78, 5) is 8.43. The van der Waals surface area contributed by atoms with E-state index in [4.69, 9.17) is 16.1 Å². The van der Waals surface area contributed by atoms with Gasteiger partial charge in [-0.2, -0.15) is 4.98 Å². The van der Waals surface area contributed by atoms with Crippen molar-refractivity contribution in [3.63, 3.8) is 0 Å². The molecule has 0 fully saturated rings. The number of phenols is 1. The van der Waals surface area contributed by atoms with Crippen LogP contribution < -0.4 is 0 Å². The van der Waals surface area contributed by atoms with Gasteiger partial charge < -0.3 is 9.63 Å². The molecule has 21 heavy (non-hydrogen) atoms. The Morgan fingerprint density at radius 3 is 2.90 bits per heavy atom. The summed E-state index contributed by atoms with van der Waals surface area (Å²) in [5.41, 5.74) is 2.30. The maximum atomic E-state index is 9.87. The molecule has 0 unspecified atom stereocenters. The van der Waals surface area contributed by atoms with E-state index in [0.717, 1.165) is 17.5 Å². The summed E-state index contributed by atoms with van der Waals surface area (Å²) in [5.74, 6) is 0.729. The van der Waals surface area contributed by atoms with E-state index in [1.807, 2.05) is 13.0 Å². The van der Waals surface area contributed by atoms with E-state index < -0.39 is 0 Å². The predicted octanol–water partition coefficient (Wildman–Crippen LogP) is 3.72. The third kappa shape index (κ3) is 2.60. The van der Waals surface area contributed by atoms with Crippen molar-refractivity contribution in [2.75, 3.05) is 0 Å². The number of hydrogen-bond acceptors (Lipinski definition) is 5. The van der Waals surface area contributed by atoms with Crippen LogP contribution in [-0.4, -0.2) is 20.2 Å². The molecule has 0 bridgehead atoms. The van der Waals surface area contributed by atoms with Crippen molar-refractivity contribution in [1.82, 2.24) is 15.1 Å². The van der Waals surface area contributed by atoms with Crippen molar-refractivity contribution in [1.29, 1.82) is 0 Å². The first-order valence-electron chi connectivity index (χ1n) is 6.45. The number of nitrogens with zero attached hydrogens (tertiary/aromatic N) is 3. The monoisotopic (exact) mass is 301 g/mol. The Hall–Kier alpha value is -2.40. The zero-order valence-electron chi connectivity index (χ0n) is 11.2. The standard InChI is InChI=1S/C15H12ClN3O2/c1-2-9-8-17-6-5-11(9)14-18-15(21-19-14)12-7-10(16)3-4-13(12)20/h3-8,20H,2H2,1H3. The molecule has 2 heterocycles. The molecule has 0 aliphatic carbocycles. The van der Waals surface area contributed by atoms with Crippen molar-refractivity contribution in [2.45, 2.75) is 13.3 Å². The number of aromatic hydroxyl groups is 1. The van der Waals surface area contributed by atoms with Gasteiger partial charge in [-0.05, 0) is 36.2 Å². The molecule has 6 heteroatoms. The van der Waals surface area contributed by atoms with Crippen LogP contribution in [0.1, 0.15) is 12.5 Å². The molecule has 0 radical (unpaired) electrons. The first kappa shape index (κ1) is 13.6. The molecule has 0 saturated carbocycles. The zero-order chi connectivity index (χ0) is 14.8. The summed E-state index contributed by atoms with van der Waals surface area (Å²) in [7, 11) is 0. The summed E-state index contributed by atoms with van der Waals surface area (Å²) in [6, 6.07) is 6.51. The second-order valence-electron chi connectivity index (χ2n) is 4.47. The maximum absolute atomic E-state index is 9.87. The van der Waals surface area contributed by atoms with Crippen LogP contribution in [0.3, 0.4) is 0 Å². The summed E-state index contributed by atoms with van der Waals surface area (Å²) < 4.78 is 5.24. The van der Waals surface area contributed by atoms with Crippen molar-refractivity contribution in [2.24, 2.45) is 0 Å². The summed E-state index contributed by atoms with van der Waals surface area (Å²) in [5, 5.41) is 14.3. The fraction of sp³-hybridized carbons (Fsp3) is 0.133. The normalized spacial score (nSPS) is 10.8. The first-order valence-corrected chi connectivity index (χ1v) is 6.82. The summed E-state index contributed by atoms with van der Waals surface area (Å²) >= 11 is 5.93. The Balaban J connectivity index is 2.06. The Morgan fingerprint density at radius 1 is 1.24 bits per heavy atom. The van der Waals surface area contributed by atoms with Crippen LogP contribution in [-0.2, 0) is 6.42 Å². The number of hydrogen-bond donors (Lipinski definition) is 1. The van der Waals surface area contributed by atoms with Crippen LogP contribution in [0.2, 0.25) is 5.02 Å². The van der Waals surface area contributed by atoms with Gasteiger partial charge in [0, 0.05) is 23.0 Å². The van der Waals surface area contributed by atoms with Crippen LogP contribution in [0.25, 0.3) is 22.8 Å². The number of phenolic OH excluding ortho intramolecular Hbond substituents is 1. The van der Waals surface area contributed by atoms with E-state index in [2.05, 4.69) is 15.1 Å². The SMILES string of the molecule is CCc1cnccc1-c1noc(-c2cc(Cl)ccc2O)n1. The smallest absolute Gasteiger partial charge is 0.262 e. The van der Waals surface area contributed by atoms with Crippen molar-refractivity contribution in [3.8, 4) is 28.6 Å². The molecule has 0 amide bonds. The van der Waals surface area contributed by atoms with Gasteiger partial charge >= 0.3 is 0 Å². The molecule has 3 aromatic rings. The lowest BCUT2D eigenvalue weighted by Crippen LogP contribution is -1.90. The van der Waals surface area contributed by atoms with E-state index in [-0.39, 0.29) is 11.6 Å². The molecular formula is C15H12ClN3O2. The number of benzene rings is 1. The van der Waals surface area contributed by atoms with Crippen LogP contribution in [0.15, 0.2) is 41.2 Å². The minimum atomic E-state index is 0.0417. The van der Waals surface area contributed by atoms with Gasteiger partial charge in [0.15, 0.2) is 0 Å². The zero-order valence-corrected chi connectivity index (χ0v) is 12.0. The highest BCUT2D eigenvalue weighted by molar-refractivity contribution is 6.30. The van der Waals surface area contributed by atoms with Crippen molar-refractivity contribution >= 4 is 11.6 Å². The first-order chi connectivity index (χ1) is 10.2. The second-order valence-corrected chi connectivity index (χ2v) is 4.91. The lowest BCUT2D eigenvalue weighted by Gasteiger charge is -2.01. The number of pyridine rings is 1. The lowest BCUT2D eigenvalue weighted by atomic mass is 10.1. The van der Waals surface area contributed by atoms with Crippen LogP contribution >= 0.6 is 11.6 Å². The molecular weight excluding hydrogens is 290 g/mol. The van der Waals surface area contributed by atoms with Gasteiger partial charge in [0.05, 0.1) is 5.56 Å². The predicted molar refractivity (Wildman–Crippen MR) is 79.0 cm³/mol. The average Bonchev–Trinajstić information content (AvgIpc) is 2.99. The highest BCUT2D eigenvalue weighted by Crippen LogP contribution is 2.32. The number of aromatic nitrogens is 3. The number of rotatable bonds is 3. The minimum absolute atomic E-state index is 0.0417. The Labute approximate surface area is 126 Å². The molecule has 0 spiro atoms. The van der Waals surface area contributed by atoms with E-state index in [0.29, 0.717) is 16.4 Å². The highest BCUT2D eigenvalue weighted by atomic mass is 35.5. The largest absolute Gasteiger partial charge is 0.507 e. The highest BCUT2D eigenvalue weighted by Gasteiger charge is 2.16. The van der Waals surface area contributed by atoms with Crippen molar-refractivity contribution in [3.05, 3.63) is 47.2 Å². The molecule has 1 aromatic carbocycles. The maximum Gasteiger partial charge on any atom is 0.262 e. The van der Waals surface area contributed by atoms with Gasteiger partial charge in [-0.1, -0.05) is 23.7 Å². The minimum Gasteiger partial charge on any atom is -0.507 e. The molecule has 0 atom stereocenters. The molecule has 3 rings (SSSR count). The average molecular weight is 302 g/mol. The third-order valence-corrected chi connectivity index (χ3v) is 3.38. The molecule has 2 aromatic heterocycles. The quantitative estimate of drug-likeness (QED) is 0.798. The Morgan fingerprint density at radius 2 is 2.10 bits per heavy atom. The third-order valence-electron chi connectivity index (χ3n) is 3.14. The molecule has 5 nitrogen and oxygen atoms in total. The van der Waals surface area contributed by atoms with Crippen LogP contribution in [0, 0.1) is 0 Å². The fourth-order valence-electron chi connectivity index (χ4n) is 2.05.